The number of nitrogens with zero attached hydrogens (tertiary/aromatic N) is 2. The van der Waals surface area contributed by atoms with Gasteiger partial charge in [0.1, 0.15) is 0 Å². The van der Waals surface area contributed by atoms with Crippen molar-refractivity contribution >= 4 is 16.6 Å². The number of piperidine rings is 1. The molecule has 0 aliphatic carbocycles. The van der Waals surface area contributed by atoms with E-state index in [2.05, 4.69) is 59.4 Å². The molecule has 1 aliphatic rings. The number of aryl methyl sites for hydroxylation is 1. The van der Waals surface area contributed by atoms with Gasteiger partial charge in [0.05, 0.1) is 5.52 Å². The number of anilines is 1. The van der Waals surface area contributed by atoms with Gasteiger partial charge in [-0.25, -0.2) is 0 Å². The Morgan fingerprint density at radius 2 is 2.00 bits per heavy atom. The lowest BCUT2D eigenvalue weighted by Crippen LogP contribution is -2.39. The lowest BCUT2D eigenvalue weighted by molar-refractivity contribution is 0.219. The summed E-state index contributed by atoms with van der Waals surface area (Å²) in [6, 6.07) is 11.2. The maximum Gasteiger partial charge on any atom is 0.0725 e. The topological polar surface area (TPSA) is 28.2 Å². The smallest absolute Gasteiger partial charge is 0.0725 e. The van der Waals surface area contributed by atoms with Crippen LogP contribution in [-0.2, 0) is 0 Å². The van der Waals surface area contributed by atoms with Crippen LogP contribution in [0.25, 0.3) is 10.9 Å². The minimum atomic E-state index is 0.586. The minimum absolute atomic E-state index is 0.586. The molecule has 3 nitrogen and oxygen atoms in total. The molecule has 2 aromatic rings. The Kier molecular flexibility index (Phi) is 4.39. The van der Waals surface area contributed by atoms with E-state index in [9.17, 15) is 0 Å². The second-order valence-corrected chi connectivity index (χ2v) is 6.09. The standard InChI is InChI=1S/C18H25N3/c1-3-10-21-11-8-15(9-12-21)20-18-13-14(2)19-17-7-5-4-6-16(17)18/h4-7,13,15H,3,8-12H2,1-2H3,(H,19,20). The number of hydrogen-bond acceptors (Lipinski definition) is 3. The van der Waals surface area contributed by atoms with E-state index in [4.69, 9.17) is 0 Å². The highest BCUT2D eigenvalue weighted by atomic mass is 15.1. The first-order valence-electron chi connectivity index (χ1n) is 8.11. The van der Waals surface area contributed by atoms with Gasteiger partial charge < -0.3 is 10.2 Å². The van der Waals surface area contributed by atoms with Crippen LogP contribution in [-0.4, -0.2) is 35.6 Å². The summed E-state index contributed by atoms with van der Waals surface area (Å²) in [5, 5.41) is 5.00. The van der Waals surface area contributed by atoms with Crippen molar-refractivity contribution < 1.29 is 0 Å². The highest BCUT2D eigenvalue weighted by Crippen LogP contribution is 2.25. The van der Waals surface area contributed by atoms with Crippen molar-refractivity contribution in [1.29, 1.82) is 0 Å². The van der Waals surface area contributed by atoms with Crippen LogP contribution in [0.5, 0.6) is 0 Å². The zero-order chi connectivity index (χ0) is 14.7. The van der Waals surface area contributed by atoms with Crippen molar-refractivity contribution in [3.05, 3.63) is 36.0 Å². The van der Waals surface area contributed by atoms with Gasteiger partial charge in [-0.1, -0.05) is 25.1 Å². The molecule has 1 aromatic heterocycles. The van der Waals surface area contributed by atoms with Gasteiger partial charge in [0.25, 0.3) is 0 Å². The Hall–Kier alpha value is -1.61. The Balaban J connectivity index is 1.74. The Morgan fingerprint density at radius 3 is 2.76 bits per heavy atom. The Bertz CT molecular complexity index is 600. The minimum Gasteiger partial charge on any atom is -0.382 e. The van der Waals surface area contributed by atoms with Gasteiger partial charge in [0.15, 0.2) is 0 Å². The molecule has 0 saturated carbocycles. The van der Waals surface area contributed by atoms with Crippen molar-refractivity contribution in [2.24, 2.45) is 0 Å². The maximum absolute atomic E-state index is 4.62. The van der Waals surface area contributed by atoms with E-state index in [1.54, 1.807) is 0 Å². The number of fused-ring (bicyclic) bond motifs is 1. The number of aromatic nitrogens is 1. The van der Waals surface area contributed by atoms with Gasteiger partial charge in [-0.3, -0.25) is 4.98 Å². The van der Waals surface area contributed by atoms with Crippen molar-refractivity contribution in [1.82, 2.24) is 9.88 Å². The molecule has 0 atom stereocenters. The third-order valence-corrected chi connectivity index (χ3v) is 4.33. The van der Waals surface area contributed by atoms with E-state index in [0.717, 1.165) is 11.2 Å². The molecule has 1 fully saturated rings. The van der Waals surface area contributed by atoms with Crippen molar-refractivity contribution in [3.8, 4) is 0 Å². The fourth-order valence-corrected chi connectivity index (χ4v) is 3.26. The van der Waals surface area contributed by atoms with Crippen molar-refractivity contribution in [2.75, 3.05) is 25.0 Å². The van der Waals surface area contributed by atoms with Crippen LogP contribution in [0, 0.1) is 6.92 Å². The fourth-order valence-electron chi connectivity index (χ4n) is 3.26. The second kappa shape index (κ2) is 6.44. The van der Waals surface area contributed by atoms with Gasteiger partial charge in [-0.05, 0) is 44.9 Å². The molecule has 1 aromatic carbocycles. The quantitative estimate of drug-likeness (QED) is 0.924. The molecular weight excluding hydrogens is 258 g/mol. The predicted molar refractivity (Wildman–Crippen MR) is 89.9 cm³/mol. The van der Waals surface area contributed by atoms with E-state index >= 15 is 0 Å². The SMILES string of the molecule is CCCN1CCC(Nc2cc(C)nc3ccccc23)CC1. The first-order chi connectivity index (χ1) is 10.3. The molecule has 1 aliphatic heterocycles. The fraction of sp³-hybridized carbons (Fsp3) is 0.500. The Labute approximate surface area is 127 Å². The summed E-state index contributed by atoms with van der Waals surface area (Å²) in [6.45, 7) is 8.00. The molecule has 112 valence electrons. The van der Waals surface area contributed by atoms with Crippen molar-refractivity contribution in [2.45, 2.75) is 39.2 Å². The molecule has 0 amide bonds. The summed E-state index contributed by atoms with van der Waals surface area (Å²) in [5.74, 6) is 0. The van der Waals surface area contributed by atoms with Crippen LogP contribution < -0.4 is 5.32 Å². The summed E-state index contributed by atoms with van der Waals surface area (Å²) in [6.07, 6.45) is 3.72. The van der Waals surface area contributed by atoms with Gasteiger partial charge in [0, 0.05) is 35.9 Å². The summed E-state index contributed by atoms with van der Waals surface area (Å²) < 4.78 is 0. The van der Waals surface area contributed by atoms with Crippen LogP contribution in [0.3, 0.4) is 0 Å². The number of rotatable bonds is 4. The maximum atomic E-state index is 4.62. The Morgan fingerprint density at radius 1 is 1.24 bits per heavy atom. The van der Waals surface area contributed by atoms with Crippen molar-refractivity contribution in [3.63, 3.8) is 0 Å². The van der Waals surface area contributed by atoms with Gasteiger partial charge >= 0.3 is 0 Å². The van der Waals surface area contributed by atoms with E-state index in [-0.39, 0.29) is 0 Å². The highest BCUT2D eigenvalue weighted by Gasteiger charge is 2.19. The first kappa shape index (κ1) is 14.3. The number of hydrogen-bond donors (Lipinski definition) is 1. The molecule has 3 heteroatoms. The largest absolute Gasteiger partial charge is 0.382 e. The summed E-state index contributed by atoms with van der Waals surface area (Å²) in [5.41, 5.74) is 3.41. The zero-order valence-electron chi connectivity index (χ0n) is 13.1. The van der Waals surface area contributed by atoms with Gasteiger partial charge in [-0.15, -0.1) is 0 Å². The highest BCUT2D eigenvalue weighted by molar-refractivity contribution is 5.91. The van der Waals surface area contributed by atoms with Crippen LogP contribution in [0.4, 0.5) is 5.69 Å². The number of likely N-dealkylation sites (tertiary alicyclic amines) is 1. The molecule has 1 saturated heterocycles. The number of nitrogens with one attached hydrogen (secondary N) is 1. The van der Waals surface area contributed by atoms with E-state index in [0.29, 0.717) is 6.04 Å². The van der Waals surface area contributed by atoms with Crippen LogP contribution in [0.15, 0.2) is 30.3 Å². The van der Waals surface area contributed by atoms with Gasteiger partial charge in [-0.2, -0.15) is 0 Å². The molecule has 1 N–H and O–H groups in total. The number of para-hydroxylation sites is 1. The van der Waals surface area contributed by atoms with Crippen LogP contribution >= 0.6 is 0 Å². The van der Waals surface area contributed by atoms with Crippen LogP contribution in [0.2, 0.25) is 0 Å². The third-order valence-electron chi connectivity index (χ3n) is 4.33. The molecule has 0 spiro atoms. The molecular formula is C18H25N3. The zero-order valence-corrected chi connectivity index (χ0v) is 13.1. The number of pyridine rings is 1. The molecule has 0 radical (unpaired) electrons. The first-order valence-corrected chi connectivity index (χ1v) is 8.11. The normalized spacial score (nSPS) is 17.2. The van der Waals surface area contributed by atoms with E-state index in [1.165, 1.54) is 50.0 Å². The molecule has 2 heterocycles. The average Bonchev–Trinajstić information content (AvgIpc) is 2.49. The van der Waals surface area contributed by atoms with Crippen LogP contribution in [0.1, 0.15) is 31.9 Å². The summed E-state index contributed by atoms with van der Waals surface area (Å²) in [4.78, 5) is 7.20. The average molecular weight is 283 g/mol. The number of benzene rings is 1. The lowest BCUT2D eigenvalue weighted by Gasteiger charge is -2.32. The molecule has 0 bridgehead atoms. The monoisotopic (exact) mass is 283 g/mol. The second-order valence-electron chi connectivity index (χ2n) is 6.09. The molecule has 21 heavy (non-hydrogen) atoms. The molecule has 3 rings (SSSR count). The molecule has 0 unspecified atom stereocenters. The van der Waals surface area contributed by atoms with Gasteiger partial charge in [0.2, 0.25) is 0 Å². The predicted octanol–water partition coefficient (Wildman–Crippen LogP) is 3.83. The third kappa shape index (κ3) is 3.35. The van der Waals surface area contributed by atoms with E-state index in [1.807, 2.05) is 0 Å². The summed E-state index contributed by atoms with van der Waals surface area (Å²) in [7, 11) is 0. The summed E-state index contributed by atoms with van der Waals surface area (Å²) >= 11 is 0. The van der Waals surface area contributed by atoms with E-state index < -0.39 is 0 Å². The lowest BCUT2D eigenvalue weighted by atomic mass is 10.0.